The molecule has 0 aliphatic heterocycles. The van der Waals surface area contributed by atoms with Gasteiger partial charge < -0.3 is 16.0 Å². The van der Waals surface area contributed by atoms with E-state index >= 15 is 0 Å². The molecule has 21 heavy (non-hydrogen) atoms. The predicted molar refractivity (Wildman–Crippen MR) is 85.7 cm³/mol. The number of hydrogen-bond acceptors (Lipinski definition) is 2. The maximum atomic E-state index is 12.0. The fourth-order valence-corrected chi connectivity index (χ4v) is 2.10. The highest BCUT2D eigenvalue weighted by Crippen LogP contribution is 2.32. The third kappa shape index (κ3) is 4.77. The summed E-state index contributed by atoms with van der Waals surface area (Å²) in [7, 11) is 1.53. The molecule has 3 N–H and O–H groups in total. The quantitative estimate of drug-likeness (QED) is 0.780. The van der Waals surface area contributed by atoms with E-state index in [2.05, 4.69) is 43.6 Å². The highest BCUT2D eigenvalue weighted by molar-refractivity contribution is 5.93. The van der Waals surface area contributed by atoms with Crippen LogP contribution in [0.2, 0.25) is 0 Å². The molecule has 0 saturated heterocycles. The summed E-state index contributed by atoms with van der Waals surface area (Å²) in [6.07, 6.45) is 0. The Morgan fingerprint density at radius 3 is 2.00 bits per heavy atom. The SMILES string of the molecule is CNC(=O)CNC(=O)Nc1c(C(C)C)cccc1C(C)C. The Kier molecular flexibility index (Phi) is 6.21. The first kappa shape index (κ1) is 17.0. The van der Waals surface area contributed by atoms with Gasteiger partial charge in [-0.05, 0) is 23.0 Å². The number of rotatable bonds is 5. The van der Waals surface area contributed by atoms with Crippen molar-refractivity contribution in [2.45, 2.75) is 39.5 Å². The van der Waals surface area contributed by atoms with Crippen LogP contribution in [0.4, 0.5) is 10.5 Å². The number of carbonyl (C=O) groups is 2. The maximum absolute atomic E-state index is 12.0. The van der Waals surface area contributed by atoms with Crippen LogP contribution in [0.1, 0.15) is 50.7 Å². The Balaban J connectivity index is 2.94. The van der Waals surface area contributed by atoms with Crippen LogP contribution in [0.25, 0.3) is 0 Å². The van der Waals surface area contributed by atoms with Crippen LogP contribution >= 0.6 is 0 Å². The second-order valence-electron chi connectivity index (χ2n) is 5.60. The van der Waals surface area contributed by atoms with E-state index in [-0.39, 0.29) is 18.5 Å². The molecule has 0 saturated carbocycles. The third-order valence-electron chi connectivity index (χ3n) is 3.30. The van der Waals surface area contributed by atoms with Crippen LogP contribution < -0.4 is 16.0 Å². The van der Waals surface area contributed by atoms with E-state index < -0.39 is 0 Å². The van der Waals surface area contributed by atoms with Gasteiger partial charge in [0, 0.05) is 12.7 Å². The zero-order valence-corrected chi connectivity index (χ0v) is 13.4. The molecular weight excluding hydrogens is 266 g/mol. The zero-order valence-electron chi connectivity index (χ0n) is 13.4. The van der Waals surface area contributed by atoms with Gasteiger partial charge in [-0.1, -0.05) is 45.9 Å². The molecule has 0 bridgehead atoms. The smallest absolute Gasteiger partial charge is 0.319 e. The van der Waals surface area contributed by atoms with Crippen LogP contribution in [0, 0.1) is 0 Å². The number of amides is 3. The fraction of sp³-hybridized carbons (Fsp3) is 0.500. The molecular formula is C16H25N3O2. The van der Waals surface area contributed by atoms with Crippen molar-refractivity contribution < 1.29 is 9.59 Å². The van der Waals surface area contributed by atoms with Crippen LogP contribution in [0.15, 0.2) is 18.2 Å². The Morgan fingerprint density at radius 2 is 1.57 bits per heavy atom. The lowest BCUT2D eigenvalue weighted by Gasteiger charge is -2.20. The number of hydrogen-bond donors (Lipinski definition) is 3. The van der Waals surface area contributed by atoms with Gasteiger partial charge in [-0.2, -0.15) is 0 Å². The molecule has 0 aliphatic rings. The first-order valence-electron chi connectivity index (χ1n) is 7.25. The van der Waals surface area contributed by atoms with Gasteiger partial charge in [-0.25, -0.2) is 4.79 Å². The summed E-state index contributed by atoms with van der Waals surface area (Å²) in [5, 5.41) is 7.91. The molecule has 1 aromatic carbocycles. The van der Waals surface area contributed by atoms with Crippen molar-refractivity contribution >= 4 is 17.6 Å². The van der Waals surface area contributed by atoms with E-state index in [0.29, 0.717) is 11.8 Å². The number of carbonyl (C=O) groups excluding carboxylic acids is 2. The van der Waals surface area contributed by atoms with Gasteiger partial charge in [0.25, 0.3) is 0 Å². The number of nitrogens with one attached hydrogen (secondary N) is 3. The summed E-state index contributed by atoms with van der Waals surface area (Å²) in [6, 6.07) is 5.68. The average Bonchev–Trinajstić information content (AvgIpc) is 2.44. The predicted octanol–water partition coefficient (Wildman–Crippen LogP) is 2.80. The maximum Gasteiger partial charge on any atom is 0.319 e. The molecule has 0 aliphatic carbocycles. The number of benzene rings is 1. The Morgan fingerprint density at radius 1 is 1.05 bits per heavy atom. The fourth-order valence-electron chi connectivity index (χ4n) is 2.10. The molecule has 0 heterocycles. The summed E-state index contributed by atoms with van der Waals surface area (Å²) in [4.78, 5) is 23.1. The molecule has 1 rings (SSSR count). The van der Waals surface area contributed by atoms with Crippen molar-refractivity contribution in [1.29, 1.82) is 0 Å². The third-order valence-corrected chi connectivity index (χ3v) is 3.30. The molecule has 0 aromatic heterocycles. The van der Waals surface area contributed by atoms with Gasteiger partial charge in [-0.3, -0.25) is 4.79 Å². The lowest BCUT2D eigenvalue weighted by atomic mass is 9.93. The van der Waals surface area contributed by atoms with Crippen molar-refractivity contribution in [2.75, 3.05) is 18.9 Å². The van der Waals surface area contributed by atoms with Crippen molar-refractivity contribution in [3.05, 3.63) is 29.3 Å². The van der Waals surface area contributed by atoms with Crippen LogP contribution in [-0.2, 0) is 4.79 Å². The van der Waals surface area contributed by atoms with Crippen LogP contribution in [0.5, 0.6) is 0 Å². The largest absolute Gasteiger partial charge is 0.358 e. The standard InChI is InChI=1S/C16H25N3O2/c1-10(2)12-7-6-8-13(11(3)4)15(12)19-16(21)18-9-14(20)17-5/h6-8,10-11H,9H2,1-5H3,(H,17,20)(H2,18,19,21). The van der Waals surface area contributed by atoms with Gasteiger partial charge in [0.1, 0.15) is 0 Å². The molecule has 5 heteroatoms. The van der Waals surface area contributed by atoms with E-state index in [1.807, 2.05) is 18.2 Å². The molecule has 0 radical (unpaired) electrons. The minimum absolute atomic E-state index is 0.0385. The molecule has 116 valence electrons. The normalized spacial score (nSPS) is 10.6. The second kappa shape index (κ2) is 7.67. The molecule has 0 spiro atoms. The average molecular weight is 291 g/mol. The lowest BCUT2D eigenvalue weighted by molar-refractivity contribution is -0.119. The Bertz CT molecular complexity index is 484. The van der Waals surface area contributed by atoms with Gasteiger partial charge >= 0.3 is 6.03 Å². The van der Waals surface area contributed by atoms with Crippen molar-refractivity contribution in [3.63, 3.8) is 0 Å². The summed E-state index contributed by atoms with van der Waals surface area (Å²) in [6.45, 7) is 8.32. The molecule has 0 atom stereocenters. The highest BCUT2D eigenvalue weighted by Gasteiger charge is 2.15. The number of likely N-dealkylation sites (N-methyl/N-ethyl adjacent to an activating group) is 1. The van der Waals surface area contributed by atoms with Crippen molar-refractivity contribution in [1.82, 2.24) is 10.6 Å². The number of para-hydroxylation sites is 1. The van der Waals surface area contributed by atoms with Gasteiger partial charge in [0.15, 0.2) is 0 Å². The van der Waals surface area contributed by atoms with E-state index in [9.17, 15) is 9.59 Å². The van der Waals surface area contributed by atoms with E-state index in [1.54, 1.807) is 0 Å². The highest BCUT2D eigenvalue weighted by atomic mass is 16.2. The molecule has 5 nitrogen and oxygen atoms in total. The van der Waals surface area contributed by atoms with Gasteiger partial charge in [0.2, 0.25) is 5.91 Å². The topological polar surface area (TPSA) is 70.2 Å². The van der Waals surface area contributed by atoms with E-state index in [1.165, 1.54) is 7.05 Å². The zero-order chi connectivity index (χ0) is 16.0. The number of anilines is 1. The van der Waals surface area contributed by atoms with Gasteiger partial charge in [-0.15, -0.1) is 0 Å². The monoisotopic (exact) mass is 291 g/mol. The number of urea groups is 1. The summed E-state index contributed by atoms with van der Waals surface area (Å²) < 4.78 is 0. The molecule has 1 aromatic rings. The molecule has 0 unspecified atom stereocenters. The van der Waals surface area contributed by atoms with Crippen LogP contribution in [-0.4, -0.2) is 25.5 Å². The Labute approximate surface area is 126 Å². The lowest BCUT2D eigenvalue weighted by Crippen LogP contribution is -2.37. The minimum atomic E-state index is -0.367. The van der Waals surface area contributed by atoms with E-state index in [4.69, 9.17) is 0 Å². The first-order valence-corrected chi connectivity index (χ1v) is 7.25. The summed E-state index contributed by atoms with van der Waals surface area (Å²) >= 11 is 0. The minimum Gasteiger partial charge on any atom is -0.358 e. The van der Waals surface area contributed by atoms with Gasteiger partial charge in [0.05, 0.1) is 6.54 Å². The van der Waals surface area contributed by atoms with Crippen molar-refractivity contribution in [2.24, 2.45) is 0 Å². The Hall–Kier alpha value is -2.04. The van der Waals surface area contributed by atoms with E-state index in [0.717, 1.165) is 16.8 Å². The summed E-state index contributed by atoms with van der Waals surface area (Å²) in [5.41, 5.74) is 3.03. The second-order valence-corrected chi connectivity index (χ2v) is 5.60. The molecule has 3 amide bonds. The summed E-state index contributed by atoms with van der Waals surface area (Å²) in [5.74, 6) is 0.377. The van der Waals surface area contributed by atoms with Crippen LogP contribution in [0.3, 0.4) is 0 Å². The first-order chi connectivity index (χ1) is 9.86. The van der Waals surface area contributed by atoms with Crippen molar-refractivity contribution in [3.8, 4) is 0 Å². The molecule has 0 fully saturated rings.